The molecular formula is C22H21NO2. The molecule has 0 bridgehead atoms. The number of benzene rings is 2. The molecule has 1 aliphatic carbocycles. The van der Waals surface area contributed by atoms with Crippen molar-refractivity contribution in [2.24, 2.45) is 5.92 Å². The Kier molecular flexibility index (Phi) is 3.40. The van der Waals surface area contributed by atoms with Crippen molar-refractivity contribution in [2.75, 3.05) is 0 Å². The van der Waals surface area contributed by atoms with E-state index in [1.807, 2.05) is 24.3 Å². The minimum absolute atomic E-state index is 0.0500. The van der Waals surface area contributed by atoms with Crippen LogP contribution in [0.15, 0.2) is 66.9 Å². The van der Waals surface area contributed by atoms with Gasteiger partial charge in [-0.3, -0.25) is 4.79 Å². The van der Waals surface area contributed by atoms with Crippen molar-refractivity contribution in [3.05, 3.63) is 83.6 Å². The Morgan fingerprint density at radius 2 is 1.84 bits per heavy atom. The summed E-state index contributed by atoms with van der Waals surface area (Å²) in [4.78, 5) is 15.3. The van der Waals surface area contributed by atoms with Crippen LogP contribution in [0.3, 0.4) is 0 Å². The lowest BCUT2D eigenvalue weighted by Crippen LogP contribution is -2.57. The van der Waals surface area contributed by atoms with Gasteiger partial charge in [-0.05, 0) is 35.6 Å². The number of rotatable bonds is 2. The summed E-state index contributed by atoms with van der Waals surface area (Å²) in [5.41, 5.74) is 3.96. The normalized spacial score (nSPS) is 29.6. The van der Waals surface area contributed by atoms with Gasteiger partial charge >= 0.3 is 0 Å². The second-order valence-electron chi connectivity index (χ2n) is 7.24. The maximum Gasteiger partial charge on any atom is 0.233 e. The lowest BCUT2D eigenvalue weighted by atomic mass is 9.70. The van der Waals surface area contributed by atoms with Crippen LogP contribution in [-0.4, -0.2) is 23.0 Å². The summed E-state index contributed by atoms with van der Waals surface area (Å²) in [6.45, 7) is 0.681. The van der Waals surface area contributed by atoms with Gasteiger partial charge in [0.2, 0.25) is 5.91 Å². The highest BCUT2D eigenvalue weighted by atomic mass is 16.5. The molecule has 1 amide bonds. The molecule has 0 aromatic heterocycles. The molecule has 1 fully saturated rings. The number of nitrogens with zero attached hydrogens (tertiary/aromatic N) is 1. The Balaban J connectivity index is 1.56. The average molecular weight is 331 g/mol. The highest BCUT2D eigenvalue weighted by Gasteiger charge is 2.52. The van der Waals surface area contributed by atoms with Gasteiger partial charge in [-0.2, -0.15) is 0 Å². The van der Waals surface area contributed by atoms with Crippen LogP contribution in [0.1, 0.15) is 29.0 Å². The van der Waals surface area contributed by atoms with Crippen LogP contribution in [0.5, 0.6) is 0 Å². The van der Waals surface area contributed by atoms with Gasteiger partial charge < -0.3 is 9.64 Å². The molecule has 1 saturated heterocycles. The number of piperidine rings is 1. The predicted octanol–water partition coefficient (Wildman–Crippen LogP) is 3.66. The van der Waals surface area contributed by atoms with E-state index in [1.54, 1.807) is 6.26 Å². The molecule has 3 nitrogen and oxygen atoms in total. The molecule has 2 aromatic carbocycles. The number of hydrogen-bond acceptors (Lipinski definition) is 2. The van der Waals surface area contributed by atoms with E-state index in [9.17, 15) is 4.79 Å². The van der Waals surface area contributed by atoms with E-state index in [0.29, 0.717) is 6.54 Å². The highest BCUT2D eigenvalue weighted by molar-refractivity contribution is 5.83. The number of carbonyl (C=O) groups is 1. The van der Waals surface area contributed by atoms with E-state index < -0.39 is 0 Å². The minimum Gasteiger partial charge on any atom is -0.496 e. The lowest BCUT2D eigenvalue weighted by molar-refractivity contribution is -0.148. The van der Waals surface area contributed by atoms with Crippen molar-refractivity contribution < 1.29 is 9.53 Å². The molecule has 3 aliphatic rings. The highest BCUT2D eigenvalue weighted by Crippen LogP contribution is 2.46. The Bertz CT molecular complexity index is 829. The first-order valence-electron chi connectivity index (χ1n) is 9.07. The summed E-state index contributed by atoms with van der Waals surface area (Å²) in [6, 6.07) is 19.2. The molecule has 5 rings (SSSR count). The second-order valence-corrected chi connectivity index (χ2v) is 7.24. The van der Waals surface area contributed by atoms with Crippen molar-refractivity contribution in [1.29, 1.82) is 0 Å². The number of likely N-dealkylation sites (tertiary alicyclic amines) is 1. The maximum atomic E-state index is 13.2. The monoisotopic (exact) mass is 331 g/mol. The molecule has 2 aliphatic heterocycles. The topological polar surface area (TPSA) is 29.5 Å². The molecule has 0 radical (unpaired) electrons. The van der Waals surface area contributed by atoms with E-state index in [-0.39, 0.29) is 29.9 Å². The molecule has 0 unspecified atom stereocenters. The zero-order chi connectivity index (χ0) is 16.8. The van der Waals surface area contributed by atoms with Crippen LogP contribution >= 0.6 is 0 Å². The standard InChI is InChI=1S/C22H21NO2/c24-22-18-12-13-25-21(18)20-17-9-5-4-8-16(17)10-11-19(20)23(22)14-15-6-2-1-3-7-15/h1-9,12-13,18-21H,10-11,14H2/t18-,19-,20+,21-/m0/s1. The second kappa shape index (κ2) is 5.76. The SMILES string of the molecule is O=C1[C@H]2C=CO[C@@H]2[C@@H]2c3ccccc3CC[C@@H]2N1Cc1ccccc1. The van der Waals surface area contributed by atoms with Crippen LogP contribution in [0.2, 0.25) is 0 Å². The number of hydrogen-bond donors (Lipinski definition) is 0. The first-order chi connectivity index (χ1) is 12.3. The maximum absolute atomic E-state index is 13.2. The summed E-state index contributed by atoms with van der Waals surface area (Å²) in [5, 5.41) is 0. The Morgan fingerprint density at radius 1 is 1.04 bits per heavy atom. The van der Waals surface area contributed by atoms with Gasteiger partial charge in [-0.25, -0.2) is 0 Å². The molecule has 0 spiro atoms. The first kappa shape index (κ1) is 14.8. The predicted molar refractivity (Wildman–Crippen MR) is 95.8 cm³/mol. The number of fused-ring (bicyclic) bond motifs is 5. The van der Waals surface area contributed by atoms with Gasteiger partial charge in [0.1, 0.15) is 6.10 Å². The van der Waals surface area contributed by atoms with Crippen molar-refractivity contribution >= 4 is 5.91 Å². The van der Waals surface area contributed by atoms with Gasteiger partial charge in [0.15, 0.2) is 0 Å². The van der Waals surface area contributed by atoms with Gasteiger partial charge in [0, 0.05) is 18.5 Å². The van der Waals surface area contributed by atoms with Gasteiger partial charge in [-0.1, -0.05) is 54.6 Å². The van der Waals surface area contributed by atoms with Crippen LogP contribution in [-0.2, 0) is 22.5 Å². The van der Waals surface area contributed by atoms with E-state index in [1.165, 1.54) is 16.7 Å². The fourth-order valence-electron chi connectivity index (χ4n) is 4.80. The van der Waals surface area contributed by atoms with Gasteiger partial charge in [-0.15, -0.1) is 0 Å². The van der Waals surface area contributed by atoms with E-state index >= 15 is 0 Å². The van der Waals surface area contributed by atoms with E-state index in [4.69, 9.17) is 4.74 Å². The molecule has 3 heteroatoms. The largest absolute Gasteiger partial charge is 0.496 e. The molecule has 0 saturated carbocycles. The quantitative estimate of drug-likeness (QED) is 0.840. The van der Waals surface area contributed by atoms with Crippen molar-refractivity contribution in [3.8, 4) is 0 Å². The smallest absolute Gasteiger partial charge is 0.233 e. The fraction of sp³-hybridized carbons (Fsp3) is 0.318. The summed E-state index contributed by atoms with van der Waals surface area (Å²) in [5.74, 6) is 0.311. The Hall–Kier alpha value is -2.55. The lowest BCUT2D eigenvalue weighted by Gasteiger charge is -2.49. The van der Waals surface area contributed by atoms with Gasteiger partial charge in [0.05, 0.1) is 12.2 Å². The van der Waals surface area contributed by atoms with Crippen molar-refractivity contribution in [3.63, 3.8) is 0 Å². The molecule has 0 N–H and O–H groups in total. The number of amides is 1. The number of aryl methyl sites for hydroxylation is 1. The Morgan fingerprint density at radius 3 is 2.72 bits per heavy atom. The van der Waals surface area contributed by atoms with Gasteiger partial charge in [0.25, 0.3) is 0 Å². The van der Waals surface area contributed by atoms with Crippen LogP contribution in [0.4, 0.5) is 0 Å². The van der Waals surface area contributed by atoms with Crippen molar-refractivity contribution in [2.45, 2.75) is 37.5 Å². The van der Waals surface area contributed by atoms with Crippen LogP contribution in [0, 0.1) is 5.92 Å². The molecule has 2 aromatic rings. The number of carbonyl (C=O) groups excluding carboxylic acids is 1. The molecule has 2 heterocycles. The molecule has 4 atom stereocenters. The molecule has 25 heavy (non-hydrogen) atoms. The number of ether oxygens (including phenoxy) is 1. The third kappa shape index (κ3) is 2.30. The van der Waals surface area contributed by atoms with Crippen LogP contribution < -0.4 is 0 Å². The minimum atomic E-state index is -0.156. The zero-order valence-corrected chi connectivity index (χ0v) is 14.0. The average Bonchev–Trinajstić information content (AvgIpc) is 3.15. The molecule has 126 valence electrons. The van der Waals surface area contributed by atoms with E-state index in [2.05, 4.69) is 41.3 Å². The summed E-state index contributed by atoms with van der Waals surface area (Å²) in [7, 11) is 0. The fourth-order valence-corrected chi connectivity index (χ4v) is 4.80. The van der Waals surface area contributed by atoms with Crippen LogP contribution in [0.25, 0.3) is 0 Å². The third-order valence-electron chi connectivity index (χ3n) is 5.93. The van der Waals surface area contributed by atoms with Crippen molar-refractivity contribution in [1.82, 2.24) is 4.90 Å². The summed E-state index contributed by atoms with van der Waals surface area (Å²) >= 11 is 0. The summed E-state index contributed by atoms with van der Waals surface area (Å²) < 4.78 is 5.92. The zero-order valence-electron chi connectivity index (χ0n) is 14.0. The summed E-state index contributed by atoms with van der Waals surface area (Å²) in [6.07, 6.45) is 5.66. The molecular weight excluding hydrogens is 310 g/mol. The third-order valence-corrected chi connectivity index (χ3v) is 5.93. The Labute approximate surface area is 147 Å². The first-order valence-corrected chi connectivity index (χ1v) is 9.07. The van der Waals surface area contributed by atoms with E-state index in [0.717, 1.165) is 12.8 Å².